The maximum atomic E-state index is 4.98. The summed E-state index contributed by atoms with van der Waals surface area (Å²) in [7, 11) is 0. The van der Waals surface area contributed by atoms with E-state index in [2.05, 4.69) is 5.92 Å². The summed E-state index contributed by atoms with van der Waals surface area (Å²) >= 11 is 0. The van der Waals surface area contributed by atoms with E-state index < -0.39 is 0 Å². The third-order valence-electron chi connectivity index (χ3n) is 0.813. The van der Waals surface area contributed by atoms with Gasteiger partial charge in [0.05, 0.1) is 0 Å². The molecule has 2 heteroatoms. The summed E-state index contributed by atoms with van der Waals surface area (Å²) in [6.45, 7) is 0. The fraction of sp³-hybridized carbons (Fsp3) is 0.600. The first-order chi connectivity index (χ1) is 2.43. The van der Waals surface area contributed by atoms with Gasteiger partial charge in [0.15, 0.2) is 0 Å². The molecule has 1 aliphatic carbocycles. The van der Waals surface area contributed by atoms with Gasteiger partial charge in [0.2, 0.25) is 0 Å². The Morgan fingerprint density at radius 3 is 2.00 bits per heavy atom. The zero-order chi connectivity index (χ0) is 3.70. The van der Waals surface area contributed by atoms with Crippen LogP contribution >= 0.6 is 17.0 Å². The predicted molar refractivity (Wildman–Crippen MR) is 39.9 cm³/mol. The van der Waals surface area contributed by atoms with Gasteiger partial charge in [0.25, 0.3) is 0 Å². The quantitative estimate of drug-likeness (QED) is 0.384. The van der Waals surface area contributed by atoms with Crippen LogP contribution in [0.15, 0.2) is 0 Å². The van der Waals surface area contributed by atoms with Crippen LogP contribution in [0.1, 0.15) is 15.7 Å². The minimum Gasteiger partial charge on any atom is -1.00 e. The smallest absolute Gasteiger partial charge is 1.00 e. The second kappa shape index (κ2) is 4.95. The van der Waals surface area contributed by atoms with E-state index in [1.54, 1.807) is 0 Å². The van der Waals surface area contributed by atoms with Crippen LogP contribution in [0.3, 0.4) is 0 Å². The molecular weight excluding hydrogens is 164 g/mol. The van der Waals surface area contributed by atoms with Crippen LogP contribution in [0.4, 0.5) is 0 Å². The molecule has 0 atom stereocenters. The molecule has 1 fully saturated rings. The van der Waals surface area contributed by atoms with Crippen LogP contribution in [-0.4, -0.2) is 23.1 Å². The Balaban J connectivity index is -0.0000000312. The number of hydrogen-bond acceptors (Lipinski definition) is 0. The topological polar surface area (TPSA) is 0 Å². The minimum absolute atomic E-state index is 0. The van der Waals surface area contributed by atoms with Crippen molar-refractivity contribution < 1.29 is 2.85 Å². The summed E-state index contributed by atoms with van der Waals surface area (Å²) in [4.78, 5) is 0. The fourth-order valence-electron chi connectivity index (χ4n) is 0.250. The molecule has 0 aromatic heterocycles. The van der Waals surface area contributed by atoms with Gasteiger partial charge >= 0.3 is 23.1 Å². The molecule has 7 heavy (non-hydrogen) atoms. The van der Waals surface area contributed by atoms with Gasteiger partial charge in [-0.05, 0) is 12.8 Å². The predicted octanol–water partition coefficient (Wildman–Crippen LogP) is 1.45. The maximum absolute atomic E-state index is 4.98. The molecule has 0 aromatic rings. The second-order valence-corrected chi connectivity index (χ2v) is 1.44. The third kappa shape index (κ3) is 4.66. The van der Waals surface area contributed by atoms with E-state index in [0.29, 0.717) is 5.92 Å². The molecule has 0 N–H and O–H groups in total. The Kier molecular flexibility index (Phi) is 7.59. The van der Waals surface area contributed by atoms with Crippen molar-refractivity contribution in [2.24, 2.45) is 5.92 Å². The number of hydrogen-bond donors (Lipinski definition) is 0. The van der Waals surface area contributed by atoms with Gasteiger partial charge in [0.1, 0.15) is 0 Å². The Hall–Kier alpha value is 0.806. The Labute approximate surface area is 73.9 Å². The Morgan fingerprint density at radius 2 is 2.00 bits per heavy atom. The average Bonchev–Trinajstić information content (AvgIpc) is 2.12. The van der Waals surface area contributed by atoms with E-state index in [0.717, 1.165) is 0 Å². The molecule has 1 rings (SSSR count). The van der Waals surface area contributed by atoms with Crippen LogP contribution in [0.25, 0.3) is 0 Å². The van der Waals surface area contributed by atoms with E-state index in [-0.39, 0.29) is 42.9 Å². The van der Waals surface area contributed by atoms with Crippen LogP contribution in [0, 0.1) is 18.3 Å². The van der Waals surface area contributed by atoms with Crippen LogP contribution < -0.4 is 0 Å². The van der Waals surface area contributed by atoms with Gasteiger partial charge < -0.3 is 2.85 Å². The molecule has 38 valence electrons. The first kappa shape index (κ1) is 10.7. The first-order valence-corrected chi connectivity index (χ1v) is 1.89. The van der Waals surface area contributed by atoms with E-state index in [1.165, 1.54) is 12.8 Å². The van der Waals surface area contributed by atoms with Gasteiger partial charge in [-0.25, -0.2) is 0 Å². The van der Waals surface area contributed by atoms with Crippen molar-refractivity contribution in [3.05, 3.63) is 0 Å². The monoisotopic (exact) mass is 172 g/mol. The normalized spacial score (nSPS) is 15.3. The van der Waals surface area contributed by atoms with Gasteiger partial charge in [-0.2, -0.15) is 0 Å². The molecule has 1 saturated carbocycles. The van der Waals surface area contributed by atoms with Crippen LogP contribution in [-0.2, 0) is 0 Å². The summed E-state index contributed by atoms with van der Waals surface area (Å²) in [5.41, 5.74) is 0. The Bertz CT molecular complexity index is 77.5. The van der Waals surface area contributed by atoms with E-state index in [9.17, 15) is 0 Å². The SMILES string of the molecule is Br.C#CC1CC1.[H-].[H-].[Mg+2]. The average molecular weight is 173 g/mol. The molecule has 0 aromatic carbocycles. The molecular formula is C5H9BrMg. The maximum Gasteiger partial charge on any atom is 2.00 e. The van der Waals surface area contributed by atoms with Gasteiger partial charge in [-0.15, -0.1) is 29.3 Å². The molecule has 0 amide bonds. The van der Waals surface area contributed by atoms with E-state index in [4.69, 9.17) is 6.42 Å². The number of terminal acetylenes is 1. The van der Waals surface area contributed by atoms with Gasteiger partial charge in [-0.1, -0.05) is 0 Å². The first-order valence-electron chi connectivity index (χ1n) is 1.89. The minimum atomic E-state index is 0. The summed E-state index contributed by atoms with van der Waals surface area (Å²) in [5, 5.41) is 0. The summed E-state index contributed by atoms with van der Waals surface area (Å²) in [5.74, 6) is 3.30. The second-order valence-electron chi connectivity index (χ2n) is 1.44. The van der Waals surface area contributed by atoms with Crippen molar-refractivity contribution in [2.45, 2.75) is 12.8 Å². The largest absolute Gasteiger partial charge is 2.00 e. The Morgan fingerprint density at radius 1 is 1.57 bits per heavy atom. The summed E-state index contributed by atoms with van der Waals surface area (Å²) < 4.78 is 0. The van der Waals surface area contributed by atoms with Crippen molar-refractivity contribution in [1.29, 1.82) is 0 Å². The van der Waals surface area contributed by atoms with Crippen molar-refractivity contribution >= 4 is 40.0 Å². The van der Waals surface area contributed by atoms with Crippen LogP contribution in [0.2, 0.25) is 0 Å². The van der Waals surface area contributed by atoms with E-state index in [1.807, 2.05) is 0 Å². The van der Waals surface area contributed by atoms with E-state index >= 15 is 0 Å². The molecule has 0 aliphatic heterocycles. The molecule has 0 heterocycles. The third-order valence-corrected chi connectivity index (χ3v) is 0.813. The zero-order valence-corrected chi connectivity index (χ0v) is 7.31. The molecule has 0 radical (unpaired) electrons. The van der Waals surface area contributed by atoms with Crippen molar-refractivity contribution in [1.82, 2.24) is 0 Å². The van der Waals surface area contributed by atoms with Crippen LogP contribution in [0.5, 0.6) is 0 Å². The molecule has 1 aliphatic rings. The van der Waals surface area contributed by atoms with Crippen molar-refractivity contribution in [2.75, 3.05) is 0 Å². The fourth-order valence-corrected chi connectivity index (χ4v) is 0.250. The number of halogens is 1. The summed E-state index contributed by atoms with van der Waals surface area (Å²) in [6, 6.07) is 0. The van der Waals surface area contributed by atoms with Crippen molar-refractivity contribution in [3.63, 3.8) is 0 Å². The molecule has 0 saturated heterocycles. The van der Waals surface area contributed by atoms with Crippen molar-refractivity contribution in [3.8, 4) is 12.3 Å². The molecule has 0 spiro atoms. The van der Waals surface area contributed by atoms with Gasteiger partial charge in [0, 0.05) is 5.92 Å². The zero-order valence-electron chi connectivity index (χ0n) is 6.18. The number of rotatable bonds is 0. The molecule has 0 bridgehead atoms. The molecule has 0 nitrogen and oxygen atoms in total. The van der Waals surface area contributed by atoms with Gasteiger partial charge in [-0.3, -0.25) is 0 Å². The molecule has 0 unspecified atom stereocenters. The standard InChI is InChI=1S/C5H6.BrH.Mg.2H/c1-2-5-3-4-5;;;;/h1,5H,3-4H2;1H;;;/q;;+2;2*-1. The summed E-state index contributed by atoms with van der Waals surface area (Å²) in [6.07, 6.45) is 7.53.